The second-order valence-corrected chi connectivity index (χ2v) is 5.93. The summed E-state index contributed by atoms with van der Waals surface area (Å²) >= 11 is 0. The molecule has 128 valence electrons. The molecule has 0 saturated carbocycles. The first-order chi connectivity index (χ1) is 10.5. The van der Waals surface area contributed by atoms with Crippen LogP contribution in [0.25, 0.3) is 0 Å². The fourth-order valence-corrected chi connectivity index (χ4v) is 2.80. The van der Waals surface area contributed by atoms with Crippen molar-refractivity contribution in [3.05, 3.63) is 0 Å². The van der Waals surface area contributed by atoms with Crippen LogP contribution in [0, 0.1) is 0 Å². The van der Waals surface area contributed by atoms with Gasteiger partial charge in [0.05, 0.1) is 13.2 Å². The molecule has 0 aliphatic carbocycles. The van der Waals surface area contributed by atoms with Crippen LogP contribution in [0.2, 0.25) is 0 Å². The molecule has 6 nitrogen and oxygen atoms in total. The van der Waals surface area contributed by atoms with Crippen molar-refractivity contribution in [1.82, 2.24) is 15.5 Å². The van der Waals surface area contributed by atoms with Gasteiger partial charge in [0.1, 0.15) is 5.54 Å². The number of nitrogens with zero attached hydrogens (tertiary/aromatic N) is 1. The highest BCUT2D eigenvalue weighted by atomic mass is 16.5. The molecule has 1 saturated heterocycles. The van der Waals surface area contributed by atoms with Gasteiger partial charge < -0.3 is 15.4 Å². The quantitative estimate of drug-likeness (QED) is 0.664. The maximum atomic E-state index is 12.6. The van der Waals surface area contributed by atoms with Crippen molar-refractivity contribution in [3.8, 4) is 0 Å². The number of rotatable bonds is 9. The molecule has 1 fully saturated rings. The van der Waals surface area contributed by atoms with Gasteiger partial charge >= 0.3 is 0 Å². The van der Waals surface area contributed by atoms with Gasteiger partial charge in [0.15, 0.2) is 0 Å². The molecule has 2 amide bonds. The molecule has 0 aromatic rings. The van der Waals surface area contributed by atoms with E-state index in [0.29, 0.717) is 19.4 Å². The number of carbonyl (C=O) groups is 2. The second-order valence-electron chi connectivity index (χ2n) is 5.93. The minimum atomic E-state index is -0.771. The summed E-state index contributed by atoms with van der Waals surface area (Å²) in [5, 5.41) is 5.88. The largest absolute Gasteiger partial charge is 0.379 e. The summed E-state index contributed by atoms with van der Waals surface area (Å²) in [6, 6.07) is 0. The maximum absolute atomic E-state index is 12.6. The van der Waals surface area contributed by atoms with Crippen LogP contribution in [-0.2, 0) is 14.3 Å². The first-order valence-electron chi connectivity index (χ1n) is 8.41. The first kappa shape index (κ1) is 18.9. The smallest absolute Gasteiger partial charge is 0.245 e. The Hall–Kier alpha value is -1.14. The summed E-state index contributed by atoms with van der Waals surface area (Å²) in [5.41, 5.74) is -0.771. The average Bonchev–Trinajstić information content (AvgIpc) is 2.52. The van der Waals surface area contributed by atoms with Crippen molar-refractivity contribution >= 4 is 11.8 Å². The average molecular weight is 313 g/mol. The first-order valence-corrected chi connectivity index (χ1v) is 8.41. The Bertz CT molecular complexity index is 357. The molecule has 1 atom stereocenters. The van der Waals surface area contributed by atoms with Crippen LogP contribution in [0.15, 0.2) is 0 Å². The Morgan fingerprint density at radius 3 is 2.45 bits per heavy atom. The Balaban J connectivity index is 2.51. The van der Waals surface area contributed by atoms with E-state index in [2.05, 4.69) is 22.5 Å². The summed E-state index contributed by atoms with van der Waals surface area (Å²) in [6.07, 6.45) is 3.21. The fourth-order valence-electron chi connectivity index (χ4n) is 2.80. The van der Waals surface area contributed by atoms with E-state index in [1.54, 1.807) is 0 Å². The summed E-state index contributed by atoms with van der Waals surface area (Å²) in [5.74, 6) is -0.215. The van der Waals surface area contributed by atoms with Gasteiger partial charge in [0, 0.05) is 33.1 Å². The lowest BCUT2D eigenvalue weighted by molar-refractivity contribution is -0.133. The van der Waals surface area contributed by atoms with Gasteiger partial charge in [-0.15, -0.1) is 0 Å². The second kappa shape index (κ2) is 9.79. The summed E-state index contributed by atoms with van der Waals surface area (Å²) in [7, 11) is 0. The van der Waals surface area contributed by atoms with E-state index in [1.807, 2.05) is 6.92 Å². The predicted molar refractivity (Wildman–Crippen MR) is 86.6 cm³/mol. The van der Waals surface area contributed by atoms with Crippen LogP contribution in [0.5, 0.6) is 0 Å². The van der Waals surface area contributed by atoms with Crippen LogP contribution in [-0.4, -0.2) is 61.6 Å². The van der Waals surface area contributed by atoms with E-state index in [9.17, 15) is 9.59 Å². The number of unbranched alkanes of at least 4 members (excludes halogenated alkanes) is 1. The molecule has 1 aliphatic heterocycles. The monoisotopic (exact) mass is 313 g/mol. The molecule has 0 radical (unpaired) electrons. The van der Waals surface area contributed by atoms with Gasteiger partial charge in [-0.25, -0.2) is 0 Å². The molecule has 0 bridgehead atoms. The number of amides is 2. The Morgan fingerprint density at radius 1 is 1.23 bits per heavy atom. The van der Waals surface area contributed by atoms with Crippen molar-refractivity contribution in [2.45, 2.75) is 52.0 Å². The summed E-state index contributed by atoms with van der Waals surface area (Å²) < 4.78 is 5.31. The third kappa shape index (κ3) is 5.93. The normalized spacial score (nSPS) is 18.5. The zero-order valence-corrected chi connectivity index (χ0v) is 14.2. The third-order valence-corrected chi connectivity index (χ3v) is 4.23. The standard InChI is InChI=1S/C16H31N3O3/c1-4-6-7-16(5-2,18-14(3)20)15(21)17-8-9-19-10-12-22-13-11-19/h4-13H2,1-3H3,(H,17,21)(H,18,20). The number of nitrogens with one attached hydrogen (secondary N) is 2. The lowest BCUT2D eigenvalue weighted by Crippen LogP contribution is -2.58. The Kier molecular flexibility index (Phi) is 8.42. The summed E-state index contributed by atoms with van der Waals surface area (Å²) in [4.78, 5) is 26.4. The molecule has 1 unspecified atom stereocenters. The van der Waals surface area contributed by atoms with Crippen molar-refractivity contribution in [2.75, 3.05) is 39.4 Å². The van der Waals surface area contributed by atoms with Crippen LogP contribution < -0.4 is 10.6 Å². The van der Waals surface area contributed by atoms with E-state index in [1.165, 1.54) is 6.92 Å². The van der Waals surface area contributed by atoms with E-state index >= 15 is 0 Å². The van der Waals surface area contributed by atoms with Crippen molar-refractivity contribution in [3.63, 3.8) is 0 Å². The maximum Gasteiger partial charge on any atom is 0.245 e. The Morgan fingerprint density at radius 2 is 1.91 bits per heavy atom. The molecular weight excluding hydrogens is 282 g/mol. The highest BCUT2D eigenvalue weighted by molar-refractivity contribution is 5.90. The zero-order chi connectivity index (χ0) is 16.4. The van der Waals surface area contributed by atoms with Crippen LogP contribution in [0.4, 0.5) is 0 Å². The zero-order valence-electron chi connectivity index (χ0n) is 14.2. The highest BCUT2D eigenvalue weighted by Gasteiger charge is 2.36. The van der Waals surface area contributed by atoms with E-state index in [4.69, 9.17) is 4.74 Å². The molecule has 2 N–H and O–H groups in total. The van der Waals surface area contributed by atoms with Crippen molar-refractivity contribution < 1.29 is 14.3 Å². The molecular formula is C16H31N3O3. The summed E-state index contributed by atoms with van der Waals surface area (Å²) in [6.45, 7) is 10.3. The van der Waals surface area contributed by atoms with Gasteiger partial charge in [-0.2, -0.15) is 0 Å². The molecule has 22 heavy (non-hydrogen) atoms. The minimum absolute atomic E-state index is 0.0630. The van der Waals surface area contributed by atoms with Crippen LogP contribution in [0.3, 0.4) is 0 Å². The number of carbonyl (C=O) groups excluding carboxylic acids is 2. The SMILES string of the molecule is CCCCC(CC)(NC(C)=O)C(=O)NCCN1CCOCC1. The van der Waals surface area contributed by atoms with Gasteiger partial charge in [-0.3, -0.25) is 14.5 Å². The van der Waals surface area contributed by atoms with E-state index < -0.39 is 5.54 Å². The lowest BCUT2D eigenvalue weighted by atomic mass is 9.88. The van der Waals surface area contributed by atoms with E-state index in [-0.39, 0.29) is 11.8 Å². The van der Waals surface area contributed by atoms with Gasteiger partial charge in [-0.05, 0) is 12.8 Å². The number of morpholine rings is 1. The van der Waals surface area contributed by atoms with Crippen molar-refractivity contribution in [1.29, 1.82) is 0 Å². The van der Waals surface area contributed by atoms with Crippen molar-refractivity contribution in [2.24, 2.45) is 0 Å². The van der Waals surface area contributed by atoms with Crippen LogP contribution in [0.1, 0.15) is 46.5 Å². The fraction of sp³-hybridized carbons (Fsp3) is 0.875. The molecule has 6 heteroatoms. The van der Waals surface area contributed by atoms with E-state index in [0.717, 1.165) is 45.7 Å². The molecule has 1 rings (SSSR count). The highest BCUT2D eigenvalue weighted by Crippen LogP contribution is 2.19. The number of hydrogen-bond donors (Lipinski definition) is 2. The van der Waals surface area contributed by atoms with Gasteiger partial charge in [-0.1, -0.05) is 26.7 Å². The third-order valence-electron chi connectivity index (χ3n) is 4.23. The Labute approximate surface area is 134 Å². The topological polar surface area (TPSA) is 70.7 Å². The lowest BCUT2D eigenvalue weighted by Gasteiger charge is -2.33. The molecule has 1 aliphatic rings. The van der Waals surface area contributed by atoms with Crippen LogP contribution >= 0.6 is 0 Å². The number of hydrogen-bond acceptors (Lipinski definition) is 4. The molecule has 0 spiro atoms. The van der Waals surface area contributed by atoms with Gasteiger partial charge in [0.2, 0.25) is 11.8 Å². The molecule has 0 aromatic heterocycles. The van der Waals surface area contributed by atoms with Gasteiger partial charge in [0.25, 0.3) is 0 Å². The predicted octanol–water partition coefficient (Wildman–Crippen LogP) is 0.910. The number of ether oxygens (including phenoxy) is 1. The molecule has 0 aromatic carbocycles. The molecule has 1 heterocycles. The minimum Gasteiger partial charge on any atom is -0.379 e.